The van der Waals surface area contributed by atoms with Crippen molar-refractivity contribution in [3.63, 3.8) is 0 Å². The Hall–Kier alpha value is -2.40. The first-order valence-electron chi connectivity index (χ1n) is 12.1. The summed E-state index contributed by atoms with van der Waals surface area (Å²) >= 11 is 1.47. The summed E-state index contributed by atoms with van der Waals surface area (Å²) in [5, 5.41) is 16.0. The maximum atomic E-state index is 13.1. The minimum Gasteiger partial charge on any atom is -0.323 e. The molecule has 4 rings (SSSR count). The molecule has 3 atom stereocenters. The van der Waals surface area contributed by atoms with Gasteiger partial charge in [-0.25, -0.2) is 4.79 Å². The van der Waals surface area contributed by atoms with Crippen LogP contribution in [0.25, 0.3) is 0 Å². The third kappa shape index (κ3) is 4.05. The molecule has 2 N–H and O–H groups in total. The van der Waals surface area contributed by atoms with E-state index in [4.69, 9.17) is 0 Å². The zero-order valence-corrected chi connectivity index (χ0v) is 20.9. The number of nitrogens with zero attached hydrogens (tertiary/aromatic N) is 2. The Bertz CT molecular complexity index is 1020. The number of hydrogen-bond acceptors (Lipinski definition) is 5. The first kappa shape index (κ1) is 23.7. The Labute approximate surface area is 199 Å². The van der Waals surface area contributed by atoms with E-state index in [1.165, 1.54) is 16.2 Å². The molecule has 33 heavy (non-hydrogen) atoms. The van der Waals surface area contributed by atoms with Gasteiger partial charge in [0.2, 0.25) is 5.91 Å². The second-order valence-electron chi connectivity index (χ2n) is 10.6. The van der Waals surface area contributed by atoms with Crippen LogP contribution in [-0.2, 0) is 22.4 Å². The zero-order chi connectivity index (χ0) is 24.0. The van der Waals surface area contributed by atoms with Crippen LogP contribution in [0.4, 0.5) is 9.80 Å². The van der Waals surface area contributed by atoms with E-state index in [2.05, 4.69) is 37.5 Å². The fraction of sp³-hybridized carbons (Fsp3) is 0.680. The normalized spacial score (nSPS) is 27.3. The monoisotopic (exact) mass is 470 g/mol. The highest BCUT2D eigenvalue weighted by Gasteiger charge is 2.55. The van der Waals surface area contributed by atoms with Gasteiger partial charge in [0.1, 0.15) is 23.2 Å². The third-order valence-corrected chi connectivity index (χ3v) is 9.62. The number of imide groups is 1. The van der Waals surface area contributed by atoms with Gasteiger partial charge in [-0.05, 0) is 54.9 Å². The first-order valence-corrected chi connectivity index (χ1v) is 12.9. The van der Waals surface area contributed by atoms with E-state index in [0.29, 0.717) is 22.9 Å². The van der Waals surface area contributed by atoms with E-state index in [-0.39, 0.29) is 23.8 Å². The van der Waals surface area contributed by atoms with Crippen LogP contribution in [0.3, 0.4) is 0 Å². The molecule has 1 saturated heterocycles. The van der Waals surface area contributed by atoms with Gasteiger partial charge >= 0.3 is 6.03 Å². The molecule has 1 aromatic heterocycles. The van der Waals surface area contributed by atoms with Gasteiger partial charge in [-0.15, -0.1) is 11.3 Å². The number of amides is 4. The first-order chi connectivity index (χ1) is 15.6. The molecule has 1 aromatic rings. The topological polar surface area (TPSA) is 102 Å². The van der Waals surface area contributed by atoms with Gasteiger partial charge in [0.05, 0.1) is 5.56 Å². The van der Waals surface area contributed by atoms with Crippen molar-refractivity contribution in [3.05, 3.63) is 16.0 Å². The Morgan fingerprint density at radius 2 is 2.09 bits per heavy atom. The smallest absolute Gasteiger partial charge is 0.323 e. The summed E-state index contributed by atoms with van der Waals surface area (Å²) in [5.74, 6) is -0.154. The van der Waals surface area contributed by atoms with Crippen LogP contribution in [0.5, 0.6) is 0 Å². The molecule has 1 aliphatic heterocycles. The lowest BCUT2D eigenvalue weighted by atomic mass is 9.69. The number of hydrogen-bond donors (Lipinski definition) is 2. The number of thiophene rings is 1. The molecule has 2 aliphatic carbocycles. The van der Waals surface area contributed by atoms with E-state index >= 15 is 0 Å². The molecule has 3 aliphatic rings. The van der Waals surface area contributed by atoms with E-state index in [0.717, 1.165) is 55.4 Å². The van der Waals surface area contributed by atoms with Gasteiger partial charge in [0.15, 0.2) is 0 Å². The zero-order valence-electron chi connectivity index (χ0n) is 20.0. The fourth-order valence-corrected chi connectivity index (χ4v) is 6.99. The van der Waals surface area contributed by atoms with E-state index < -0.39 is 17.5 Å². The number of carbonyl (C=O) groups is 3. The van der Waals surface area contributed by atoms with Crippen LogP contribution >= 0.6 is 11.3 Å². The lowest BCUT2D eigenvalue weighted by molar-refractivity contribution is -0.136. The quantitative estimate of drug-likeness (QED) is 0.614. The van der Waals surface area contributed by atoms with Crippen LogP contribution in [0.2, 0.25) is 0 Å². The van der Waals surface area contributed by atoms with Crippen molar-refractivity contribution in [1.82, 2.24) is 10.2 Å². The van der Waals surface area contributed by atoms with Crippen molar-refractivity contribution in [1.29, 1.82) is 5.26 Å². The van der Waals surface area contributed by atoms with Gasteiger partial charge in [0.25, 0.3) is 5.91 Å². The molecular formula is C25H34N4O3S. The lowest BCUT2D eigenvalue weighted by Crippen LogP contribution is -2.54. The van der Waals surface area contributed by atoms with Gasteiger partial charge in [0, 0.05) is 4.88 Å². The molecule has 0 unspecified atom stereocenters. The molecular weight excluding hydrogens is 436 g/mol. The molecule has 0 aromatic carbocycles. The van der Waals surface area contributed by atoms with Crippen LogP contribution in [0.1, 0.15) is 82.2 Å². The summed E-state index contributed by atoms with van der Waals surface area (Å²) in [6, 6.07) is 1.78. The van der Waals surface area contributed by atoms with Crippen LogP contribution < -0.4 is 10.6 Å². The second kappa shape index (κ2) is 8.75. The summed E-state index contributed by atoms with van der Waals surface area (Å²) in [6.07, 6.45) is 7.32. The summed E-state index contributed by atoms with van der Waals surface area (Å²) in [5.41, 5.74) is 0.932. The van der Waals surface area contributed by atoms with Gasteiger partial charge < -0.3 is 10.6 Å². The third-order valence-electron chi connectivity index (χ3n) is 8.45. The summed E-state index contributed by atoms with van der Waals surface area (Å²) in [7, 11) is 0. The summed E-state index contributed by atoms with van der Waals surface area (Å²) < 4.78 is 0. The Balaban J connectivity index is 1.48. The highest BCUT2D eigenvalue weighted by Crippen LogP contribution is 2.45. The molecule has 178 valence electrons. The van der Waals surface area contributed by atoms with Crippen molar-refractivity contribution in [2.75, 3.05) is 11.9 Å². The number of carbonyl (C=O) groups excluding carboxylic acids is 3. The number of anilines is 1. The summed E-state index contributed by atoms with van der Waals surface area (Å²) in [4.78, 5) is 40.8. The van der Waals surface area contributed by atoms with Crippen molar-refractivity contribution in [2.24, 2.45) is 17.3 Å². The van der Waals surface area contributed by atoms with Gasteiger partial charge in [-0.3, -0.25) is 14.5 Å². The predicted octanol–water partition coefficient (Wildman–Crippen LogP) is 4.60. The van der Waals surface area contributed by atoms with Crippen LogP contribution in [0, 0.1) is 28.6 Å². The van der Waals surface area contributed by atoms with E-state index in [1.54, 1.807) is 0 Å². The average Bonchev–Trinajstić information content (AvgIpc) is 3.24. The van der Waals surface area contributed by atoms with Crippen molar-refractivity contribution >= 4 is 34.2 Å². The molecule has 7 nitrogen and oxygen atoms in total. The lowest BCUT2D eigenvalue weighted by Gasteiger charge is -2.36. The molecule has 1 spiro atoms. The van der Waals surface area contributed by atoms with Crippen molar-refractivity contribution < 1.29 is 14.4 Å². The predicted molar refractivity (Wildman–Crippen MR) is 128 cm³/mol. The van der Waals surface area contributed by atoms with E-state index in [9.17, 15) is 19.6 Å². The SMILES string of the molecule is CCC(C)(C)[C@@H]1CCc2c(sc(NC(=O)CN3C(=O)N[C@]4(CCCC[C@@H]4C)C3=O)c2C#N)C1. The number of nitrogens with one attached hydrogen (secondary N) is 2. The molecule has 8 heteroatoms. The van der Waals surface area contributed by atoms with Crippen molar-refractivity contribution in [3.8, 4) is 6.07 Å². The molecule has 2 fully saturated rings. The molecule has 0 radical (unpaired) electrons. The molecule has 0 bridgehead atoms. The number of urea groups is 1. The Morgan fingerprint density at radius 3 is 2.76 bits per heavy atom. The fourth-order valence-electron chi connectivity index (χ4n) is 5.70. The highest BCUT2D eigenvalue weighted by molar-refractivity contribution is 7.16. The number of nitriles is 1. The summed E-state index contributed by atoms with van der Waals surface area (Å²) in [6.45, 7) is 8.45. The minimum absolute atomic E-state index is 0.0466. The maximum absolute atomic E-state index is 13.1. The second-order valence-corrected chi connectivity index (χ2v) is 11.7. The number of fused-ring (bicyclic) bond motifs is 1. The van der Waals surface area contributed by atoms with Crippen LogP contribution in [0.15, 0.2) is 0 Å². The van der Waals surface area contributed by atoms with Crippen LogP contribution in [-0.4, -0.2) is 34.8 Å². The largest absolute Gasteiger partial charge is 0.325 e. The molecule has 4 amide bonds. The van der Waals surface area contributed by atoms with Crippen molar-refractivity contribution in [2.45, 2.75) is 84.6 Å². The van der Waals surface area contributed by atoms with Gasteiger partial charge in [-0.2, -0.15) is 5.26 Å². The Morgan fingerprint density at radius 1 is 1.33 bits per heavy atom. The number of rotatable bonds is 5. The Kier molecular flexibility index (Phi) is 6.30. The van der Waals surface area contributed by atoms with Gasteiger partial charge in [-0.1, -0.05) is 47.0 Å². The molecule has 1 saturated carbocycles. The molecule has 2 heterocycles. The highest BCUT2D eigenvalue weighted by atomic mass is 32.1. The standard InChI is InChI=1S/C25H34N4O3S/c1-5-24(3,4)16-9-10-17-18(13-26)21(33-19(17)12-16)27-20(30)14-29-22(31)25(28-23(29)32)11-7-6-8-15(25)2/h15-16H,5-12,14H2,1-4H3,(H,27,30)(H,28,32)/t15-,16+,25-/m0/s1. The average molecular weight is 471 g/mol. The van der Waals surface area contributed by atoms with E-state index in [1.807, 2.05) is 6.92 Å². The minimum atomic E-state index is -0.878. The maximum Gasteiger partial charge on any atom is 0.325 e.